The van der Waals surface area contributed by atoms with Crippen molar-refractivity contribution in [1.82, 2.24) is 29.3 Å². The Morgan fingerprint density at radius 3 is 3.03 bits per heavy atom. The molecular weight excluding hydrogens is 410 g/mol. The molecule has 10 heteroatoms. The van der Waals surface area contributed by atoms with Crippen LogP contribution in [0.2, 0.25) is 0 Å². The molecule has 4 aromatic heterocycles. The maximum absolute atomic E-state index is 12.3. The molecule has 3 N–H and O–H groups in total. The van der Waals surface area contributed by atoms with Crippen LogP contribution in [0.1, 0.15) is 0 Å². The quantitative estimate of drug-likeness (QED) is 0.386. The summed E-state index contributed by atoms with van der Waals surface area (Å²) in [5, 5.41) is 20.9. The van der Waals surface area contributed by atoms with E-state index in [2.05, 4.69) is 20.5 Å². The summed E-state index contributed by atoms with van der Waals surface area (Å²) in [4.78, 5) is 21.5. The predicted molar refractivity (Wildman–Crippen MR) is 119 cm³/mol. The molecule has 32 heavy (non-hydrogen) atoms. The fraction of sp³-hybridized carbons (Fsp3) is 0.0909. The lowest BCUT2D eigenvalue weighted by molar-refractivity contribution is 0.203. The molecule has 0 atom stereocenters. The van der Waals surface area contributed by atoms with Gasteiger partial charge in [0.15, 0.2) is 17.0 Å². The van der Waals surface area contributed by atoms with Crippen molar-refractivity contribution in [3.05, 3.63) is 71.5 Å². The third-order valence-corrected chi connectivity index (χ3v) is 5.32. The van der Waals surface area contributed by atoms with Crippen molar-refractivity contribution in [2.75, 3.05) is 11.9 Å². The summed E-state index contributed by atoms with van der Waals surface area (Å²) in [6, 6.07) is 11.2. The Bertz CT molecular complexity index is 1660. The van der Waals surface area contributed by atoms with E-state index in [-0.39, 0.29) is 18.7 Å². The van der Waals surface area contributed by atoms with Crippen LogP contribution in [-0.4, -0.2) is 41.0 Å². The highest BCUT2D eigenvalue weighted by Gasteiger charge is 2.13. The number of rotatable bonds is 5. The van der Waals surface area contributed by atoms with Gasteiger partial charge >= 0.3 is 0 Å². The highest BCUT2D eigenvalue weighted by Crippen LogP contribution is 2.27. The highest BCUT2D eigenvalue weighted by molar-refractivity contribution is 5.85. The zero-order valence-electron chi connectivity index (χ0n) is 16.7. The van der Waals surface area contributed by atoms with Gasteiger partial charge in [0, 0.05) is 41.3 Å². The summed E-state index contributed by atoms with van der Waals surface area (Å²) in [6.07, 6.45) is 7.27. The third kappa shape index (κ3) is 2.93. The van der Waals surface area contributed by atoms with Crippen molar-refractivity contribution in [1.29, 1.82) is 0 Å². The van der Waals surface area contributed by atoms with Gasteiger partial charge < -0.3 is 19.3 Å². The van der Waals surface area contributed by atoms with Gasteiger partial charge in [-0.05, 0) is 18.2 Å². The third-order valence-electron chi connectivity index (χ3n) is 5.32. The van der Waals surface area contributed by atoms with Crippen LogP contribution in [0, 0.1) is 0 Å². The Morgan fingerprint density at radius 2 is 2.12 bits per heavy atom. The van der Waals surface area contributed by atoms with E-state index in [9.17, 15) is 4.79 Å². The number of hydrogen-bond donors (Lipinski definition) is 3. The van der Waals surface area contributed by atoms with E-state index in [1.54, 1.807) is 30.6 Å². The van der Waals surface area contributed by atoms with Crippen LogP contribution in [0.15, 0.2) is 70.5 Å². The Balaban J connectivity index is 1.43. The van der Waals surface area contributed by atoms with E-state index in [1.807, 2.05) is 35.0 Å². The highest BCUT2D eigenvalue weighted by atomic mass is 16.5. The molecule has 0 radical (unpaired) electrons. The summed E-state index contributed by atoms with van der Waals surface area (Å²) >= 11 is 0. The first kappa shape index (κ1) is 18.3. The lowest BCUT2D eigenvalue weighted by atomic mass is 10.1. The van der Waals surface area contributed by atoms with Gasteiger partial charge in [0.1, 0.15) is 0 Å². The molecule has 0 aliphatic rings. The molecule has 0 bridgehead atoms. The summed E-state index contributed by atoms with van der Waals surface area (Å²) in [5.74, 6) is 0.564. The van der Waals surface area contributed by atoms with Gasteiger partial charge in [0.05, 0.1) is 35.9 Å². The van der Waals surface area contributed by atoms with E-state index in [4.69, 9.17) is 14.6 Å². The number of imidazole rings is 1. The van der Waals surface area contributed by atoms with Gasteiger partial charge in [-0.15, -0.1) is 0 Å². The number of aliphatic hydroxyl groups is 1. The zero-order valence-corrected chi connectivity index (χ0v) is 16.7. The van der Waals surface area contributed by atoms with Gasteiger partial charge in [-0.25, -0.2) is 9.97 Å². The van der Waals surface area contributed by atoms with Gasteiger partial charge in [0.2, 0.25) is 0 Å². The van der Waals surface area contributed by atoms with Crippen LogP contribution in [0.25, 0.3) is 38.8 Å². The number of nitrogens with one attached hydrogen (secondary N) is 2. The second kappa shape index (κ2) is 7.06. The number of hydrogen-bond acceptors (Lipinski definition) is 7. The van der Waals surface area contributed by atoms with Crippen molar-refractivity contribution in [2.45, 2.75) is 6.54 Å². The molecule has 0 fully saturated rings. The van der Waals surface area contributed by atoms with Crippen molar-refractivity contribution >= 4 is 39.0 Å². The van der Waals surface area contributed by atoms with E-state index in [0.717, 1.165) is 26.9 Å². The lowest BCUT2D eigenvalue weighted by Crippen LogP contribution is -2.15. The Kier molecular flexibility index (Phi) is 4.05. The van der Waals surface area contributed by atoms with Crippen LogP contribution >= 0.6 is 0 Å². The molecular formula is C22H17N7O3. The molecule has 0 saturated heterocycles. The van der Waals surface area contributed by atoms with Gasteiger partial charge in [0.25, 0.3) is 5.56 Å². The standard InChI is InChI=1S/C22H17N7O3/c30-8-7-29-22(31)16-4-3-15(10-19(16)32-29)25-20-21-23-5-6-28(21)12-18(26-20)13-1-2-14-11-24-27-17(14)9-13/h1-6,9-12,30H,7-8H2,(H,24,27)(H,25,26). The number of benzene rings is 2. The van der Waals surface area contributed by atoms with E-state index >= 15 is 0 Å². The number of aliphatic hydroxyl groups excluding tert-OH is 1. The summed E-state index contributed by atoms with van der Waals surface area (Å²) in [5.41, 5.74) is 4.13. The first-order chi connectivity index (χ1) is 15.7. The minimum Gasteiger partial charge on any atom is -0.394 e. The molecule has 10 nitrogen and oxygen atoms in total. The van der Waals surface area contributed by atoms with Crippen LogP contribution in [0.5, 0.6) is 0 Å². The van der Waals surface area contributed by atoms with Crippen molar-refractivity contribution in [3.63, 3.8) is 0 Å². The Morgan fingerprint density at radius 1 is 1.19 bits per heavy atom. The van der Waals surface area contributed by atoms with Crippen LogP contribution < -0.4 is 10.9 Å². The number of H-pyrrole nitrogens is 1. The minimum absolute atomic E-state index is 0.106. The number of anilines is 2. The molecule has 0 amide bonds. The van der Waals surface area contributed by atoms with Crippen molar-refractivity contribution < 1.29 is 9.63 Å². The summed E-state index contributed by atoms with van der Waals surface area (Å²) in [7, 11) is 0. The monoisotopic (exact) mass is 427 g/mol. The molecule has 0 spiro atoms. The average Bonchev–Trinajstić information content (AvgIpc) is 3.53. The maximum atomic E-state index is 12.3. The molecule has 0 saturated carbocycles. The topological polar surface area (TPSA) is 126 Å². The minimum atomic E-state index is -0.273. The molecule has 0 aliphatic carbocycles. The van der Waals surface area contributed by atoms with Crippen LogP contribution in [-0.2, 0) is 6.54 Å². The summed E-state index contributed by atoms with van der Waals surface area (Å²) < 4.78 is 8.62. The number of aromatic nitrogens is 6. The van der Waals surface area contributed by atoms with Crippen molar-refractivity contribution in [2.24, 2.45) is 0 Å². The Labute approximate surface area is 179 Å². The number of nitrogens with zero attached hydrogens (tertiary/aromatic N) is 5. The van der Waals surface area contributed by atoms with Crippen LogP contribution in [0.3, 0.4) is 0 Å². The van der Waals surface area contributed by atoms with Gasteiger partial charge in [-0.3, -0.25) is 9.89 Å². The molecule has 6 aromatic rings. The number of aromatic amines is 1. The fourth-order valence-electron chi connectivity index (χ4n) is 3.77. The van der Waals surface area contributed by atoms with Gasteiger partial charge in [-0.2, -0.15) is 9.84 Å². The molecule has 2 aromatic carbocycles. The van der Waals surface area contributed by atoms with Crippen LogP contribution in [0.4, 0.5) is 11.5 Å². The second-order valence-electron chi connectivity index (χ2n) is 7.36. The smallest absolute Gasteiger partial charge is 0.290 e. The van der Waals surface area contributed by atoms with E-state index in [1.165, 1.54) is 0 Å². The SMILES string of the molecule is O=c1c2ccc(Nc3nc(-c4ccc5cn[nH]c5c4)cn4ccnc34)cc2on1CCO. The first-order valence-corrected chi connectivity index (χ1v) is 9.98. The van der Waals surface area contributed by atoms with Gasteiger partial charge in [-0.1, -0.05) is 12.1 Å². The first-order valence-electron chi connectivity index (χ1n) is 9.98. The molecule has 4 heterocycles. The molecule has 0 aliphatic heterocycles. The average molecular weight is 427 g/mol. The zero-order chi connectivity index (χ0) is 21.7. The molecule has 0 unspecified atom stereocenters. The largest absolute Gasteiger partial charge is 0.394 e. The maximum Gasteiger partial charge on any atom is 0.290 e. The summed E-state index contributed by atoms with van der Waals surface area (Å²) in [6.45, 7) is -0.0704. The fourth-order valence-corrected chi connectivity index (χ4v) is 3.77. The second-order valence-corrected chi connectivity index (χ2v) is 7.36. The normalized spacial score (nSPS) is 11.7. The molecule has 6 rings (SSSR count). The van der Waals surface area contributed by atoms with Crippen molar-refractivity contribution in [3.8, 4) is 11.3 Å². The predicted octanol–water partition coefficient (Wildman–Crippen LogP) is 2.92. The molecule has 158 valence electrons. The van der Waals surface area contributed by atoms with E-state index in [0.29, 0.717) is 28.1 Å². The van der Waals surface area contributed by atoms with E-state index < -0.39 is 0 Å². The lowest BCUT2D eigenvalue weighted by Gasteiger charge is -2.10. The number of fused-ring (bicyclic) bond motifs is 3. The Hall–Kier alpha value is -4.44.